The third-order valence-electron chi connectivity index (χ3n) is 3.74. The topological polar surface area (TPSA) is 73.0 Å². The van der Waals surface area contributed by atoms with Crippen molar-refractivity contribution < 1.29 is 9.47 Å². The van der Waals surface area contributed by atoms with Crippen molar-refractivity contribution in [2.24, 2.45) is 0 Å². The van der Waals surface area contributed by atoms with Crippen LogP contribution < -0.4 is 9.47 Å². The molecule has 0 radical (unpaired) electrons. The van der Waals surface area contributed by atoms with Gasteiger partial charge in [-0.3, -0.25) is 4.57 Å². The van der Waals surface area contributed by atoms with Crippen LogP contribution in [0, 0.1) is 11.3 Å². The molecule has 124 valence electrons. The molecule has 1 aliphatic heterocycles. The van der Waals surface area contributed by atoms with Gasteiger partial charge in [0.05, 0.1) is 11.3 Å². The van der Waals surface area contributed by atoms with Gasteiger partial charge in [-0.15, -0.1) is 10.2 Å². The summed E-state index contributed by atoms with van der Waals surface area (Å²) >= 11 is 1.38. The fourth-order valence-corrected chi connectivity index (χ4v) is 3.32. The lowest BCUT2D eigenvalue weighted by atomic mass is 10.2. The van der Waals surface area contributed by atoms with Gasteiger partial charge in [-0.25, -0.2) is 0 Å². The number of hydrogen-bond acceptors (Lipinski definition) is 6. The molecule has 7 heteroatoms. The number of nitriles is 1. The van der Waals surface area contributed by atoms with Crippen LogP contribution in [-0.2, 0) is 0 Å². The van der Waals surface area contributed by atoms with E-state index in [0.717, 1.165) is 17.0 Å². The summed E-state index contributed by atoms with van der Waals surface area (Å²) in [5, 5.41) is 18.2. The summed E-state index contributed by atoms with van der Waals surface area (Å²) in [6, 6.07) is 17.8. The fourth-order valence-electron chi connectivity index (χ4n) is 2.56. The van der Waals surface area contributed by atoms with Gasteiger partial charge in [0.1, 0.15) is 0 Å². The minimum atomic E-state index is -0.226. The van der Waals surface area contributed by atoms with Crippen LogP contribution in [0.3, 0.4) is 0 Å². The number of ether oxygens (including phenoxy) is 2. The zero-order valence-corrected chi connectivity index (χ0v) is 14.2. The van der Waals surface area contributed by atoms with Crippen LogP contribution in [0.4, 0.5) is 0 Å². The van der Waals surface area contributed by atoms with Crippen LogP contribution in [-0.4, -0.2) is 26.8 Å². The number of nitrogens with zero attached hydrogens (tertiary/aromatic N) is 4. The molecule has 1 atom stereocenters. The van der Waals surface area contributed by atoms with Crippen molar-refractivity contribution in [1.82, 2.24) is 14.8 Å². The van der Waals surface area contributed by atoms with E-state index in [2.05, 4.69) is 16.3 Å². The van der Waals surface area contributed by atoms with Gasteiger partial charge in [-0.05, 0) is 37.3 Å². The van der Waals surface area contributed by atoms with E-state index in [1.165, 1.54) is 11.8 Å². The van der Waals surface area contributed by atoms with Gasteiger partial charge in [0.25, 0.3) is 0 Å². The van der Waals surface area contributed by atoms with E-state index >= 15 is 0 Å². The van der Waals surface area contributed by atoms with Crippen molar-refractivity contribution in [3.63, 3.8) is 0 Å². The van der Waals surface area contributed by atoms with Crippen molar-refractivity contribution in [3.8, 4) is 34.6 Å². The standard InChI is InChI=1S/C18H14N4O2S/c1-12(10-19)25-18-21-20-17(22(18)14-5-3-2-4-6-14)13-7-8-15-16(9-13)24-11-23-15/h2-9,12H,11H2,1H3/t12-/m1/s1. The van der Waals surface area contributed by atoms with Gasteiger partial charge in [0, 0.05) is 11.3 Å². The van der Waals surface area contributed by atoms with Gasteiger partial charge in [-0.1, -0.05) is 30.0 Å². The number of benzene rings is 2. The van der Waals surface area contributed by atoms with Crippen molar-refractivity contribution in [1.29, 1.82) is 5.26 Å². The number of hydrogen-bond donors (Lipinski definition) is 0. The minimum Gasteiger partial charge on any atom is -0.454 e. The van der Waals surface area contributed by atoms with E-state index in [0.29, 0.717) is 16.7 Å². The molecule has 0 spiro atoms. The Kier molecular flexibility index (Phi) is 4.04. The van der Waals surface area contributed by atoms with Crippen molar-refractivity contribution >= 4 is 11.8 Å². The second-order valence-corrected chi connectivity index (χ2v) is 6.74. The lowest BCUT2D eigenvalue weighted by Gasteiger charge is -2.11. The van der Waals surface area contributed by atoms with Gasteiger partial charge in [0.15, 0.2) is 22.5 Å². The zero-order valence-electron chi connectivity index (χ0n) is 13.4. The molecule has 1 aliphatic rings. The Morgan fingerprint density at radius 1 is 1.12 bits per heavy atom. The van der Waals surface area contributed by atoms with Gasteiger partial charge in [0.2, 0.25) is 6.79 Å². The Hall–Kier alpha value is -2.98. The van der Waals surface area contributed by atoms with Crippen LogP contribution in [0.2, 0.25) is 0 Å². The summed E-state index contributed by atoms with van der Waals surface area (Å²) in [4.78, 5) is 0. The number of thioether (sulfide) groups is 1. The minimum absolute atomic E-state index is 0.226. The zero-order chi connectivity index (χ0) is 17.2. The predicted octanol–water partition coefficient (Wildman–Crippen LogP) is 3.67. The Labute approximate surface area is 149 Å². The predicted molar refractivity (Wildman–Crippen MR) is 93.9 cm³/mol. The van der Waals surface area contributed by atoms with E-state index in [9.17, 15) is 0 Å². The molecule has 6 nitrogen and oxygen atoms in total. The smallest absolute Gasteiger partial charge is 0.231 e. The molecule has 0 fully saturated rings. The maximum atomic E-state index is 9.13. The van der Waals surface area contributed by atoms with Crippen LogP contribution >= 0.6 is 11.8 Å². The third-order valence-corrected chi connectivity index (χ3v) is 4.68. The number of rotatable bonds is 4. The van der Waals surface area contributed by atoms with Crippen LogP contribution in [0.25, 0.3) is 17.1 Å². The van der Waals surface area contributed by atoms with E-state index < -0.39 is 0 Å². The summed E-state index contributed by atoms with van der Waals surface area (Å²) < 4.78 is 12.8. The molecule has 2 heterocycles. The second kappa shape index (κ2) is 6.49. The molecular formula is C18H14N4O2S. The third kappa shape index (κ3) is 2.92. The molecule has 25 heavy (non-hydrogen) atoms. The first-order valence-electron chi connectivity index (χ1n) is 7.73. The monoisotopic (exact) mass is 350 g/mol. The normalized spacial score (nSPS) is 13.4. The number of fused-ring (bicyclic) bond motifs is 1. The highest BCUT2D eigenvalue weighted by atomic mass is 32.2. The summed E-state index contributed by atoms with van der Waals surface area (Å²) in [6.07, 6.45) is 0. The molecule has 4 rings (SSSR count). The average Bonchev–Trinajstić information content (AvgIpc) is 3.28. The van der Waals surface area contributed by atoms with Crippen LogP contribution in [0.5, 0.6) is 11.5 Å². The first-order valence-corrected chi connectivity index (χ1v) is 8.61. The second-order valence-electron chi connectivity index (χ2n) is 5.43. The summed E-state index contributed by atoms with van der Waals surface area (Å²) in [7, 11) is 0. The fraction of sp³-hybridized carbons (Fsp3) is 0.167. The summed E-state index contributed by atoms with van der Waals surface area (Å²) in [5.74, 6) is 2.11. The van der Waals surface area contributed by atoms with Crippen LogP contribution in [0.15, 0.2) is 53.7 Å². The molecular weight excluding hydrogens is 336 g/mol. The Balaban J connectivity index is 1.84. The Bertz CT molecular complexity index is 949. The molecule has 3 aromatic rings. The van der Waals surface area contributed by atoms with E-state index in [1.807, 2.05) is 60.0 Å². The highest BCUT2D eigenvalue weighted by Gasteiger charge is 2.21. The van der Waals surface area contributed by atoms with Crippen LogP contribution in [0.1, 0.15) is 6.92 Å². The van der Waals surface area contributed by atoms with Crippen molar-refractivity contribution in [3.05, 3.63) is 48.5 Å². The first-order chi connectivity index (χ1) is 12.3. The van der Waals surface area contributed by atoms with Gasteiger partial charge in [-0.2, -0.15) is 5.26 Å². The lowest BCUT2D eigenvalue weighted by Crippen LogP contribution is -2.01. The average molecular weight is 350 g/mol. The highest BCUT2D eigenvalue weighted by Crippen LogP contribution is 2.37. The quantitative estimate of drug-likeness (QED) is 0.669. The molecule has 0 bridgehead atoms. The summed E-state index contributed by atoms with van der Waals surface area (Å²) in [5.41, 5.74) is 1.81. The first kappa shape index (κ1) is 15.5. The molecule has 0 aliphatic carbocycles. The maximum Gasteiger partial charge on any atom is 0.231 e. The van der Waals surface area contributed by atoms with E-state index in [1.54, 1.807) is 0 Å². The van der Waals surface area contributed by atoms with Gasteiger partial charge < -0.3 is 9.47 Å². The Morgan fingerprint density at radius 2 is 1.92 bits per heavy atom. The SMILES string of the molecule is C[C@H](C#N)Sc1nnc(-c2ccc3c(c2)OCO3)n1-c1ccccc1. The van der Waals surface area contributed by atoms with Crippen molar-refractivity contribution in [2.75, 3.05) is 6.79 Å². The number of aromatic nitrogens is 3. The largest absolute Gasteiger partial charge is 0.454 e. The molecule has 0 amide bonds. The Morgan fingerprint density at radius 3 is 2.72 bits per heavy atom. The molecule has 0 saturated carbocycles. The molecule has 2 aromatic carbocycles. The van der Waals surface area contributed by atoms with Crippen molar-refractivity contribution in [2.45, 2.75) is 17.3 Å². The maximum absolute atomic E-state index is 9.13. The molecule has 0 saturated heterocycles. The molecule has 1 aromatic heterocycles. The highest BCUT2D eigenvalue weighted by molar-refractivity contribution is 8.00. The van der Waals surface area contributed by atoms with Gasteiger partial charge >= 0.3 is 0 Å². The number of para-hydroxylation sites is 1. The lowest BCUT2D eigenvalue weighted by molar-refractivity contribution is 0.174. The van der Waals surface area contributed by atoms with E-state index in [-0.39, 0.29) is 12.0 Å². The molecule has 0 N–H and O–H groups in total. The molecule has 0 unspecified atom stereocenters. The van der Waals surface area contributed by atoms with E-state index in [4.69, 9.17) is 14.7 Å². The summed E-state index contributed by atoms with van der Waals surface area (Å²) in [6.45, 7) is 2.07.